The number of hydrogen-bond acceptors (Lipinski definition) is 4. The van der Waals surface area contributed by atoms with Gasteiger partial charge in [0.25, 0.3) is 0 Å². The molecular formula is C10H19N5O. The lowest BCUT2D eigenvalue weighted by atomic mass is 10.4. The molecule has 0 aliphatic carbocycles. The third-order valence-electron chi connectivity index (χ3n) is 2.51. The van der Waals surface area contributed by atoms with Crippen molar-refractivity contribution in [3.63, 3.8) is 0 Å². The highest BCUT2D eigenvalue weighted by Gasteiger charge is 2.05. The molecule has 0 spiro atoms. The van der Waals surface area contributed by atoms with Gasteiger partial charge in [0.05, 0.1) is 6.54 Å². The average Bonchev–Trinajstić information content (AvgIpc) is 2.69. The van der Waals surface area contributed by atoms with Crippen LogP contribution in [-0.4, -0.2) is 52.3 Å². The zero-order chi connectivity index (χ0) is 12.0. The molecule has 1 heterocycles. The zero-order valence-corrected chi connectivity index (χ0v) is 10.1. The Morgan fingerprint density at radius 3 is 2.94 bits per heavy atom. The highest BCUT2D eigenvalue weighted by Crippen LogP contribution is 1.91. The quantitative estimate of drug-likeness (QED) is 0.658. The number of nitrogens with one attached hydrogen (secondary N) is 1. The van der Waals surface area contributed by atoms with E-state index in [1.54, 1.807) is 18.3 Å². The summed E-state index contributed by atoms with van der Waals surface area (Å²) in [6.07, 6.45) is 2.45. The second-order valence-electron chi connectivity index (χ2n) is 3.69. The first-order valence-corrected chi connectivity index (χ1v) is 5.42. The Morgan fingerprint density at radius 2 is 2.38 bits per heavy atom. The van der Waals surface area contributed by atoms with Crippen LogP contribution in [0, 0.1) is 0 Å². The molecule has 6 heteroatoms. The van der Waals surface area contributed by atoms with Gasteiger partial charge in [-0.15, -0.1) is 10.2 Å². The number of aryl methyl sites for hydroxylation is 1. The van der Waals surface area contributed by atoms with Crippen LogP contribution in [0.3, 0.4) is 0 Å². The third kappa shape index (κ3) is 3.62. The number of amides is 1. The summed E-state index contributed by atoms with van der Waals surface area (Å²) < 4.78 is 1.88. The first-order valence-electron chi connectivity index (χ1n) is 5.42. The SMILES string of the molecule is CCN(C)C(=O)CNCCc1nncn1C. The largest absolute Gasteiger partial charge is 0.345 e. The van der Waals surface area contributed by atoms with Gasteiger partial charge in [0.15, 0.2) is 0 Å². The van der Waals surface area contributed by atoms with Crippen LogP contribution in [0.1, 0.15) is 12.7 Å². The molecule has 0 saturated heterocycles. The van der Waals surface area contributed by atoms with Crippen molar-refractivity contribution in [3.8, 4) is 0 Å². The maximum atomic E-state index is 11.4. The molecule has 1 aromatic rings. The predicted molar refractivity (Wildman–Crippen MR) is 60.9 cm³/mol. The Hall–Kier alpha value is -1.43. The van der Waals surface area contributed by atoms with Crippen LogP contribution in [0.5, 0.6) is 0 Å². The molecule has 0 aliphatic rings. The summed E-state index contributed by atoms with van der Waals surface area (Å²) in [4.78, 5) is 13.1. The number of rotatable bonds is 6. The van der Waals surface area contributed by atoms with Crippen LogP contribution in [0.15, 0.2) is 6.33 Å². The van der Waals surface area contributed by atoms with Crippen molar-refractivity contribution in [2.75, 3.05) is 26.7 Å². The van der Waals surface area contributed by atoms with E-state index in [2.05, 4.69) is 15.5 Å². The van der Waals surface area contributed by atoms with Crippen LogP contribution in [0.25, 0.3) is 0 Å². The van der Waals surface area contributed by atoms with Crippen molar-refractivity contribution in [3.05, 3.63) is 12.2 Å². The lowest BCUT2D eigenvalue weighted by Crippen LogP contribution is -2.36. The standard InChI is InChI=1S/C10H19N5O/c1-4-14(2)10(16)7-11-6-5-9-13-12-8-15(9)3/h8,11H,4-7H2,1-3H3. The van der Waals surface area contributed by atoms with Crippen molar-refractivity contribution in [1.29, 1.82) is 0 Å². The summed E-state index contributed by atoms with van der Waals surface area (Å²) >= 11 is 0. The van der Waals surface area contributed by atoms with Gasteiger partial charge >= 0.3 is 0 Å². The van der Waals surface area contributed by atoms with Gasteiger partial charge in [0.2, 0.25) is 5.91 Å². The van der Waals surface area contributed by atoms with E-state index in [-0.39, 0.29) is 5.91 Å². The highest BCUT2D eigenvalue weighted by molar-refractivity contribution is 5.77. The second-order valence-corrected chi connectivity index (χ2v) is 3.69. The topological polar surface area (TPSA) is 63.1 Å². The molecule has 90 valence electrons. The molecule has 1 amide bonds. The molecule has 1 N–H and O–H groups in total. The van der Waals surface area contributed by atoms with Gasteiger partial charge in [0, 0.05) is 33.6 Å². The van der Waals surface area contributed by atoms with Gasteiger partial charge in [-0.2, -0.15) is 0 Å². The maximum absolute atomic E-state index is 11.4. The van der Waals surface area contributed by atoms with Crippen LogP contribution in [0.4, 0.5) is 0 Å². The van der Waals surface area contributed by atoms with Crippen molar-refractivity contribution in [2.24, 2.45) is 7.05 Å². The number of carbonyl (C=O) groups excluding carboxylic acids is 1. The van der Waals surface area contributed by atoms with E-state index in [1.165, 1.54) is 0 Å². The highest BCUT2D eigenvalue weighted by atomic mass is 16.2. The number of hydrogen-bond donors (Lipinski definition) is 1. The fourth-order valence-electron chi connectivity index (χ4n) is 1.24. The van der Waals surface area contributed by atoms with Crippen LogP contribution < -0.4 is 5.32 Å². The summed E-state index contributed by atoms with van der Waals surface area (Å²) in [7, 11) is 3.71. The van der Waals surface area contributed by atoms with Crippen molar-refractivity contribution < 1.29 is 4.79 Å². The summed E-state index contributed by atoms with van der Waals surface area (Å²) in [5.41, 5.74) is 0. The minimum absolute atomic E-state index is 0.112. The van der Waals surface area contributed by atoms with E-state index < -0.39 is 0 Å². The normalized spacial score (nSPS) is 10.4. The third-order valence-corrected chi connectivity index (χ3v) is 2.51. The maximum Gasteiger partial charge on any atom is 0.236 e. The summed E-state index contributed by atoms with van der Waals surface area (Å²) in [6.45, 7) is 3.80. The van der Waals surface area contributed by atoms with Crippen molar-refractivity contribution >= 4 is 5.91 Å². The molecule has 16 heavy (non-hydrogen) atoms. The Kier molecular flexibility index (Phi) is 4.91. The van der Waals surface area contributed by atoms with Gasteiger partial charge in [-0.25, -0.2) is 0 Å². The molecule has 0 radical (unpaired) electrons. The van der Waals surface area contributed by atoms with Gasteiger partial charge in [-0.3, -0.25) is 4.79 Å². The van der Waals surface area contributed by atoms with Crippen LogP contribution in [0.2, 0.25) is 0 Å². The van der Waals surface area contributed by atoms with Crippen LogP contribution in [-0.2, 0) is 18.3 Å². The molecule has 0 saturated carbocycles. The molecule has 1 rings (SSSR count). The molecule has 6 nitrogen and oxygen atoms in total. The molecule has 0 bridgehead atoms. The molecule has 0 aromatic carbocycles. The molecule has 0 aliphatic heterocycles. The van der Waals surface area contributed by atoms with E-state index in [0.717, 1.165) is 25.3 Å². The summed E-state index contributed by atoms with van der Waals surface area (Å²) in [5, 5.41) is 10.8. The first-order chi connectivity index (χ1) is 7.65. The monoisotopic (exact) mass is 225 g/mol. The summed E-state index contributed by atoms with van der Waals surface area (Å²) in [6, 6.07) is 0. The van der Waals surface area contributed by atoms with Gasteiger partial charge in [-0.1, -0.05) is 0 Å². The average molecular weight is 225 g/mol. The molecule has 0 atom stereocenters. The fraction of sp³-hybridized carbons (Fsp3) is 0.700. The lowest BCUT2D eigenvalue weighted by molar-refractivity contribution is -0.128. The second kappa shape index (κ2) is 6.22. The first kappa shape index (κ1) is 12.6. The van der Waals surface area contributed by atoms with Crippen molar-refractivity contribution in [2.45, 2.75) is 13.3 Å². The van der Waals surface area contributed by atoms with Gasteiger partial charge in [0.1, 0.15) is 12.2 Å². The van der Waals surface area contributed by atoms with E-state index in [1.807, 2.05) is 18.5 Å². The molecule has 1 aromatic heterocycles. The van der Waals surface area contributed by atoms with E-state index in [4.69, 9.17) is 0 Å². The zero-order valence-electron chi connectivity index (χ0n) is 10.1. The minimum Gasteiger partial charge on any atom is -0.345 e. The van der Waals surface area contributed by atoms with Crippen molar-refractivity contribution in [1.82, 2.24) is 25.0 Å². The predicted octanol–water partition coefficient (Wildman–Crippen LogP) is -0.574. The van der Waals surface area contributed by atoms with E-state index in [0.29, 0.717) is 6.54 Å². The number of likely N-dealkylation sites (N-methyl/N-ethyl adjacent to an activating group) is 1. The number of nitrogens with zero attached hydrogens (tertiary/aromatic N) is 4. The lowest BCUT2D eigenvalue weighted by Gasteiger charge is -2.14. The smallest absolute Gasteiger partial charge is 0.236 e. The Morgan fingerprint density at radius 1 is 1.62 bits per heavy atom. The molecule has 0 unspecified atom stereocenters. The number of aromatic nitrogens is 3. The Balaban J connectivity index is 2.17. The van der Waals surface area contributed by atoms with Gasteiger partial charge < -0.3 is 14.8 Å². The van der Waals surface area contributed by atoms with Crippen LogP contribution >= 0.6 is 0 Å². The Labute approximate surface area is 95.6 Å². The number of carbonyl (C=O) groups is 1. The fourth-order valence-corrected chi connectivity index (χ4v) is 1.24. The minimum atomic E-state index is 0.112. The molecule has 0 fully saturated rings. The molecular weight excluding hydrogens is 206 g/mol. The summed E-state index contributed by atoms with van der Waals surface area (Å²) in [5.74, 6) is 1.03. The van der Waals surface area contributed by atoms with Gasteiger partial charge in [-0.05, 0) is 6.92 Å². The Bertz CT molecular complexity index is 336. The van der Waals surface area contributed by atoms with E-state index >= 15 is 0 Å². The van der Waals surface area contributed by atoms with E-state index in [9.17, 15) is 4.79 Å².